The molecule has 0 unspecified atom stereocenters. The fourth-order valence-electron chi connectivity index (χ4n) is 2.88. The monoisotopic (exact) mass is 414 g/mol. The summed E-state index contributed by atoms with van der Waals surface area (Å²) in [5.41, 5.74) is 4.25. The van der Waals surface area contributed by atoms with E-state index in [2.05, 4.69) is 4.98 Å². The van der Waals surface area contributed by atoms with Gasteiger partial charge in [-0.15, -0.1) is 11.3 Å². The number of aromatic hydroxyl groups is 1. The summed E-state index contributed by atoms with van der Waals surface area (Å²) in [5, 5.41) is 21.6. The Labute approximate surface area is 172 Å². The third kappa shape index (κ3) is 4.33. The van der Waals surface area contributed by atoms with Gasteiger partial charge in [0.2, 0.25) is 0 Å². The molecule has 0 fully saturated rings. The maximum Gasteiger partial charge on any atom is 0.278 e. The van der Waals surface area contributed by atoms with Crippen molar-refractivity contribution in [1.82, 2.24) is 10.5 Å². The number of carbonyl (C=O) groups excluding carboxylic acids is 1. The van der Waals surface area contributed by atoms with Crippen LogP contribution in [0.15, 0.2) is 35.7 Å². The summed E-state index contributed by atoms with van der Waals surface area (Å²) in [6.45, 7) is 6.58. The highest BCUT2D eigenvalue weighted by Crippen LogP contribution is 2.36. The van der Waals surface area contributed by atoms with Gasteiger partial charge in [-0.2, -0.15) is 0 Å². The maximum absolute atomic E-state index is 11.8. The highest BCUT2D eigenvalue weighted by atomic mass is 32.1. The fraction of sp³-hybridized carbons (Fsp3) is 0.238. The zero-order valence-electron chi connectivity index (χ0n) is 16.4. The van der Waals surface area contributed by atoms with Gasteiger partial charge in [-0.25, -0.2) is 10.5 Å². The van der Waals surface area contributed by atoms with Crippen LogP contribution in [0.5, 0.6) is 17.2 Å². The first-order chi connectivity index (χ1) is 14.0. The number of hydroxylamine groups is 1. The van der Waals surface area contributed by atoms with Crippen LogP contribution in [0.1, 0.15) is 29.8 Å². The van der Waals surface area contributed by atoms with E-state index in [1.54, 1.807) is 18.5 Å². The highest BCUT2D eigenvalue weighted by molar-refractivity contribution is 7.13. The van der Waals surface area contributed by atoms with Crippen LogP contribution in [0.3, 0.4) is 0 Å². The molecule has 3 rings (SSSR count). The van der Waals surface area contributed by atoms with Crippen LogP contribution in [0, 0.1) is 6.92 Å². The zero-order valence-corrected chi connectivity index (χ0v) is 17.2. The van der Waals surface area contributed by atoms with Crippen molar-refractivity contribution < 1.29 is 24.6 Å². The molecule has 7 nitrogen and oxygen atoms in total. The molecule has 3 aromatic rings. The molecule has 0 radical (unpaired) electrons. The standard InChI is InChI=1S/C21H22N2O5S/c1-4-27-17-7-6-13(10-18(17)28-5-2)21-22-16(11-29-21)14-8-12(3)19(24)15(9-14)20(25)23-26/h6-11,24,26H,4-5H2,1-3H3,(H,23,25). The Morgan fingerprint density at radius 1 is 1.10 bits per heavy atom. The predicted octanol–water partition coefficient (Wildman–Crippen LogP) is 4.41. The minimum Gasteiger partial charge on any atom is -0.507 e. The second-order valence-corrected chi connectivity index (χ2v) is 7.05. The Hall–Kier alpha value is -3.10. The van der Waals surface area contributed by atoms with Crippen LogP contribution in [-0.2, 0) is 0 Å². The molecule has 1 heterocycles. The van der Waals surface area contributed by atoms with Crippen LogP contribution in [0.25, 0.3) is 21.8 Å². The van der Waals surface area contributed by atoms with Crippen molar-refractivity contribution in [3.05, 3.63) is 46.8 Å². The summed E-state index contributed by atoms with van der Waals surface area (Å²) >= 11 is 1.45. The molecule has 29 heavy (non-hydrogen) atoms. The predicted molar refractivity (Wildman–Crippen MR) is 111 cm³/mol. The Bertz CT molecular complexity index is 1030. The molecular formula is C21H22N2O5S. The van der Waals surface area contributed by atoms with Gasteiger partial charge in [0.1, 0.15) is 10.8 Å². The number of amides is 1. The number of carbonyl (C=O) groups is 1. The number of aryl methyl sites for hydroxylation is 1. The van der Waals surface area contributed by atoms with Gasteiger partial charge in [0.05, 0.1) is 24.5 Å². The molecule has 0 aliphatic carbocycles. The first-order valence-corrected chi connectivity index (χ1v) is 10.00. The lowest BCUT2D eigenvalue weighted by Crippen LogP contribution is -2.19. The molecule has 2 aromatic carbocycles. The Balaban J connectivity index is 1.98. The number of nitrogens with one attached hydrogen (secondary N) is 1. The van der Waals surface area contributed by atoms with Crippen molar-refractivity contribution in [2.75, 3.05) is 13.2 Å². The lowest BCUT2D eigenvalue weighted by molar-refractivity contribution is 0.0703. The van der Waals surface area contributed by atoms with Gasteiger partial charge in [0.25, 0.3) is 5.91 Å². The van der Waals surface area contributed by atoms with Crippen molar-refractivity contribution in [2.24, 2.45) is 0 Å². The van der Waals surface area contributed by atoms with Gasteiger partial charge in [-0.1, -0.05) is 0 Å². The molecule has 0 saturated heterocycles. The smallest absolute Gasteiger partial charge is 0.278 e. The van der Waals surface area contributed by atoms with E-state index in [0.29, 0.717) is 41.5 Å². The second kappa shape index (κ2) is 8.93. The van der Waals surface area contributed by atoms with Gasteiger partial charge in [0.15, 0.2) is 11.5 Å². The van der Waals surface area contributed by atoms with Crippen molar-refractivity contribution in [3.63, 3.8) is 0 Å². The Kier molecular flexibility index (Phi) is 6.36. The quantitative estimate of drug-likeness (QED) is 0.391. The van der Waals surface area contributed by atoms with Crippen LogP contribution in [0.2, 0.25) is 0 Å². The number of thiazole rings is 1. The molecule has 0 saturated carbocycles. The second-order valence-electron chi connectivity index (χ2n) is 6.20. The zero-order chi connectivity index (χ0) is 21.0. The van der Waals surface area contributed by atoms with Crippen molar-refractivity contribution >= 4 is 17.2 Å². The van der Waals surface area contributed by atoms with E-state index in [0.717, 1.165) is 10.6 Å². The van der Waals surface area contributed by atoms with E-state index in [-0.39, 0.29) is 11.3 Å². The van der Waals surface area contributed by atoms with Crippen LogP contribution in [0.4, 0.5) is 0 Å². The molecule has 0 aliphatic heterocycles. The minimum atomic E-state index is -0.782. The van der Waals surface area contributed by atoms with Gasteiger partial charge in [-0.3, -0.25) is 10.0 Å². The van der Waals surface area contributed by atoms with Gasteiger partial charge in [0, 0.05) is 16.5 Å². The fourth-order valence-corrected chi connectivity index (χ4v) is 3.71. The number of rotatable bonds is 7. The van der Waals surface area contributed by atoms with Gasteiger partial charge in [-0.05, 0) is 56.7 Å². The summed E-state index contributed by atoms with van der Waals surface area (Å²) < 4.78 is 11.3. The lowest BCUT2D eigenvalue weighted by atomic mass is 10.0. The number of aromatic nitrogens is 1. The molecule has 152 valence electrons. The van der Waals surface area contributed by atoms with Crippen LogP contribution in [-0.4, -0.2) is 34.4 Å². The summed E-state index contributed by atoms with van der Waals surface area (Å²) in [4.78, 5) is 16.5. The number of benzene rings is 2. The summed E-state index contributed by atoms with van der Waals surface area (Å²) in [7, 11) is 0. The van der Waals surface area contributed by atoms with Crippen LogP contribution < -0.4 is 15.0 Å². The number of ether oxygens (including phenoxy) is 2. The van der Waals surface area contributed by atoms with E-state index < -0.39 is 5.91 Å². The average Bonchev–Trinajstić information content (AvgIpc) is 3.21. The van der Waals surface area contributed by atoms with Crippen molar-refractivity contribution in [1.29, 1.82) is 0 Å². The molecule has 1 amide bonds. The number of phenolic OH excluding ortho intramolecular Hbond substituents is 1. The van der Waals surface area contributed by atoms with Crippen molar-refractivity contribution in [3.8, 4) is 39.1 Å². The van der Waals surface area contributed by atoms with E-state index in [4.69, 9.17) is 14.7 Å². The van der Waals surface area contributed by atoms with E-state index in [1.165, 1.54) is 17.4 Å². The van der Waals surface area contributed by atoms with Gasteiger partial charge >= 0.3 is 0 Å². The van der Waals surface area contributed by atoms with E-state index in [9.17, 15) is 9.90 Å². The number of phenols is 1. The van der Waals surface area contributed by atoms with Gasteiger partial charge < -0.3 is 14.6 Å². The molecule has 1 aromatic heterocycles. The SMILES string of the molecule is CCOc1ccc(-c2nc(-c3cc(C)c(O)c(C(=O)NO)c3)cs2)cc1OCC. The first kappa shape index (κ1) is 20.6. The molecule has 0 aliphatic rings. The Morgan fingerprint density at radius 2 is 1.83 bits per heavy atom. The third-order valence-corrected chi connectivity index (χ3v) is 5.13. The normalized spacial score (nSPS) is 10.6. The summed E-state index contributed by atoms with van der Waals surface area (Å²) in [6.07, 6.45) is 0. The minimum absolute atomic E-state index is 0.0169. The molecular weight excluding hydrogens is 392 g/mol. The highest BCUT2D eigenvalue weighted by Gasteiger charge is 2.17. The van der Waals surface area contributed by atoms with E-state index >= 15 is 0 Å². The lowest BCUT2D eigenvalue weighted by Gasteiger charge is -2.11. The summed E-state index contributed by atoms with van der Waals surface area (Å²) in [5.74, 6) is 0.383. The third-order valence-electron chi connectivity index (χ3n) is 4.24. The maximum atomic E-state index is 11.8. The number of nitrogens with zero attached hydrogens (tertiary/aromatic N) is 1. The van der Waals surface area contributed by atoms with Crippen LogP contribution >= 0.6 is 11.3 Å². The van der Waals surface area contributed by atoms with Crippen molar-refractivity contribution in [2.45, 2.75) is 20.8 Å². The first-order valence-electron chi connectivity index (χ1n) is 9.12. The number of hydrogen-bond acceptors (Lipinski definition) is 7. The summed E-state index contributed by atoms with van der Waals surface area (Å²) in [6, 6.07) is 8.91. The Morgan fingerprint density at radius 3 is 2.52 bits per heavy atom. The molecule has 3 N–H and O–H groups in total. The topological polar surface area (TPSA) is 101 Å². The average molecular weight is 414 g/mol. The van der Waals surface area contributed by atoms with E-state index in [1.807, 2.05) is 37.4 Å². The molecule has 0 bridgehead atoms. The number of hydrogen-bond donors (Lipinski definition) is 3. The molecule has 0 spiro atoms. The molecule has 8 heteroatoms. The molecule has 0 atom stereocenters. The largest absolute Gasteiger partial charge is 0.507 e.